The molecule has 3 nitrogen and oxygen atoms in total. The fourth-order valence-corrected chi connectivity index (χ4v) is 1.59. The van der Waals surface area contributed by atoms with Crippen LogP contribution < -0.4 is 0 Å². The lowest BCUT2D eigenvalue weighted by Gasteiger charge is -1.98. The van der Waals surface area contributed by atoms with Crippen LogP contribution in [0.15, 0.2) is 24.3 Å². The molecule has 0 heterocycles. The molecule has 0 saturated heterocycles. The lowest BCUT2D eigenvalue weighted by atomic mass is 10.1. The molecule has 0 aliphatic heterocycles. The average Bonchev–Trinajstić information content (AvgIpc) is 2.82. The Morgan fingerprint density at radius 2 is 2.23 bits per heavy atom. The van der Waals surface area contributed by atoms with E-state index in [1.165, 1.54) is 0 Å². The zero-order valence-corrected chi connectivity index (χ0v) is 6.97. The summed E-state index contributed by atoms with van der Waals surface area (Å²) in [6.07, 6.45) is 0.693. The first-order valence-corrected chi connectivity index (χ1v) is 4.20. The maximum Gasteiger partial charge on any atom is 0.307 e. The van der Waals surface area contributed by atoms with Crippen LogP contribution >= 0.6 is 0 Å². The average molecular weight is 178 g/mol. The van der Waals surface area contributed by atoms with Crippen LogP contribution in [0, 0.1) is 5.92 Å². The van der Waals surface area contributed by atoms with Crippen molar-refractivity contribution in [1.29, 1.82) is 0 Å². The summed E-state index contributed by atoms with van der Waals surface area (Å²) >= 11 is 0. The second-order valence-corrected chi connectivity index (χ2v) is 3.38. The highest BCUT2D eigenvalue weighted by Gasteiger charge is 2.44. The molecule has 2 atom stereocenters. The topological polar surface area (TPSA) is 57.5 Å². The van der Waals surface area contributed by atoms with E-state index in [0.717, 1.165) is 5.56 Å². The lowest BCUT2D eigenvalue weighted by Crippen LogP contribution is -1.98. The van der Waals surface area contributed by atoms with Gasteiger partial charge in [-0.3, -0.25) is 4.79 Å². The molecule has 2 N–H and O–H groups in total. The van der Waals surface area contributed by atoms with Gasteiger partial charge in [-0.15, -0.1) is 0 Å². The first kappa shape index (κ1) is 8.10. The van der Waals surface area contributed by atoms with Crippen LogP contribution in [-0.2, 0) is 4.79 Å². The highest BCUT2D eigenvalue weighted by molar-refractivity contribution is 5.75. The van der Waals surface area contributed by atoms with Gasteiger partial charge in [0, 0.05) is 0 Å². The van der Waals surface area contributed by atoms with Crippen LogP contribution in [0.5, 0.6) is 5.75 Å². The Kier molecular flexibility index (Phi) is 1.72. The first-order chi connectivity index (χ1) is 6.18. The monoisotopic (exact) mass is 178 g/mol. The molecule has 1 fully saturated rings. The molecule has 0 radical (unpaired) electrons. The van der Waals surface area contributed by atoms with E-state index in [1.54, 1.807) is 18.2 Å². The summed E-state index contributed by atoms with van der Waals surface area (Å²) in [5.41, 5.74) is 0.924. The summed E-state index contributed by atoms with van der Waals surface area (Å²) in [6.45, 7) is 0. The quantitative estimate of drug-likeness (QED) is 0.722. The van der Waals surface area contributed by atoms with Crippen LogP contribution in [0.25, 0.3) is 0 Å². The number of carboxylic acid groups (broad SMARTS) is 1. The maximum atomic E-state index is 10.6. The third-order valence-electron chi connectivity index (χ3n) is 2.41. The van der Waals surface area contributed by atoms with E-state index in [2.05, 4.69) is 0 Å². The van der Waals surface area contributed by atoms with Crippen LogP contribution in [-0.4, -0.2) is 16.2 Å². The van der Waals surface area contributed by atoms with Crippen molar-refractivity contribution in [1.82, 2.24) is 0 Å². The second-order valence-electron chi connectivity index (χ2n) is 3.38. The standard InChI is InChI=1S/C10H10O3/c11-7-3-1-2-6(4-7)8-5-9(8)10(12)13/h1-4,8-9,11H,5H2,(H,12,13)/t8-,9-/m1/s1. The molecule has 2 rings (SSSR count). The Hall–Kier alpha value is -1.51. The number of phenolic OH excluding ortho intramolecular Hbond substituents is 1. The molecule has 0 aromatic heterocycles. The number of carboxylic acids is 1. The molecule has 0 bridgehead atoms. The van der Waals surface area contributed by atoms with Gasteiger partial charge in [0.05, 0.1) is 5.92 Å². The molecular formula is C10H10O3. The minimum atomic E-state index is -0.742. The van der Waals surface area contributed by atoms with Gasteiger partial charge in [-0.25, -0.2) is 0 Å². The predicted molar refractivity (Wildman–Crippen MR) is 46.6 cm³/mol. The molecule has 3 heteroatoms. The lowest BCUT2D eigenvalue weighted by molar-refractivity contribution is -0.138. The van der Waals surface area contributed by atoms with E-state index in [1.807, 2.05) is 6.07 Å². The predicted octanol–water partition coefficient (Wildman–Crippen LogP) is 1.58. The summed E-state index contributed by atoms with van der Waals surface area (Å²) in [4.78, 5) is 10.6. The maximum absolute atomic E-state index is 10.6. The highest BCUT2D eigenvalue weighted by atomic mass is 16.4. The van der Waals surface area contributed by atoms with Crippen LogP contribution in [0.2, 0.25) is 0 Å². The van der Waals surface area contributed by atoms with E-state index in [4.69, 9.17) is 10.2 Å². The van der Waals surface area contributed by atoms with Gasteiger partial charge in [-0.05, 0) is 30.0 Å². The number of rotatable bonds is 2. The Morgan fingerprint density at radius 3 is 2.77 bits per heavy atom. The second kappa shape index (κ2) is 2.76. The zero-order chi connectivity index (χ0) is 9.42. The molecule has 0 amide bonds. The van der Waals surface area contributed by atoms with E-state index < -0.39 is 5.97 Å². The smallest absolute Gasteiger partial charge is 0.307 e. The summed E-state index contributed by atoms with van der Waals surface area (Å²) in [6, 6.07) is 6.81. The number of aromatic hydroxyl groups is 1. The van der Waals surface area contributed by atoms with Crippen molar-refractivity contribution in [2.45, 2.75) is 12.3 Å². The number of hydrogen-bond donors (Lipinski definition) is 2. The molecule has 0 spiro atoms. The fraction of sp³-hybridized carbons (Fsp3) is 0.300. The minimum absolute atomic E-state index is 0.101. The Balaban J connectivity index is 2.16. The van der Waals surface area contributed by atoms with Crippen LogP contribution in [0.4, 0.5) is 0 Å². The van der Waals surface area contributed by atoms with Gasteiger partial charge in [0.1, 0.15) is 5.75 Å². The van der Waals surface area contributed by atoms with Crippen molar-refractivity contribution < 1.29 is 15.0 Å². The van der Waals surface area contributed by atoms with Gasteiger partial charge in [0.15, 0.2) is 0 Å². The fourth-order valence-electron chi connectivity index (χ4n) is 1.59. The number of hydrogen-bond acceptors (Lipinski definition) is 2. The first-order valence-electron chi connectivity index (χ1n) is 4.20. The van der Waals surface area contributed by atoms with Crippen molar-refractivity contribution in [3.63, 3.8) is 0 Å². The van der Waals surface area contributed by atoms with E-state index >= 15 is 0 Å². The number of phenols is 1. The molecule has 0 unspecified atom stereocenters. The summed E-state index contributed by atoms with van der Waals surface area (Å²) in [5.74, 6) is -0.687. The zero-order valence-electron chi connectivity index (χ0n) is 6.97. The number of benzene rings is 1. The SMILES string of the molecule is O=C(O)[C@@H]1C[C@@H]1c1cccc(O)c1. The molecule has 1 aliphatic rings. The van der Waals surface area contributed by atoms with Crippen molar-refractivity contribution in [3.8, 4) is 5.75 Å². The largest absolute Gasteiger partial charge is 0.508 e. The van der Waals surface area contributed by atoms with E-state index in [9.17, 15) is 4.79 Å². The molecule has 1 aromatic rings. The normalized spacial score (nSPS) is 25.5. The molecule has 1 saturated carbocycles. The summed E-state index contributed by atoms with van der Waals surface area (Å²) in [5, 5.41) is 17.9. The summed E-state index contributed by atoms with van der Waals surface area (Å²) < 4.78 is 0. The Morgan fingerprint density at radius 1 is 1.46 bits per heavy atom. The molecule has 68 valence electrons. The number of aliphatic carboxylic acids is 1. The molecule has 1 aromatic carbocycles. The molecule has 13 heavy (non-hydrogen) atoms. The third-order valence-corrected chi connectivity index (χ3v) is 2.41. The van der Waals surface area contributed by atoms with Gasteiger partial charge >= 0.3 is 5.97 Å². The van der Waals surface area contributed by atoms with Crippen molar-refractivity contribution in [3.05, 3.63) is 29.8 Å². The van der Waals surface area contributed by atoms with Gasteiger partial charge < -0.3 is 10.2 Å². The van der Waals surface area contributed by atoms with Gasteiger partial charge in [0.2, 0.25) is 0 Å². The van der Waals surface area contributed by atoms with Crippen molar-refractivity contribution >= 4 is 5.97 Å². The van der Waals surface area contributed by atoms with E-state index in [-0.39, 0.29) is 17.6 Å². The Bertz CT molecular complexity index is 346. The minimum Gasteiger partial charge on any atom is -0.508 e. The highest BCUT2D eigenvalue weighted by Crippen LogP contribution is 2.47. The van der Waals surface area contributed by atoms with Gasteiger partial charge in [0.25, 0.3) is 0 Å². The van der Waals surface area contributed by atoms with E-state index in [0.29, 0.717) is 6.42 Å². The molecular weight excluding hydrogens is 168 g/mol. The summed E-state index contributed by atoms with van der Waals surface area (Å²) in [7, 11) is 0. The van der Waals surface area contributed by atoms with Gasteiger partial charge in [-0.2, -0.15) is 0 Å². The number of carbonyl (C=O) groups is 1. The van der Waals surface area contributed by atoms with Gasteiger partial charge in [-0.1, -0.05) is 12.1 Å². The third kappa shape index (κ3) is 1.49. The van der Waals surface area contributed by atoms with Crippen molar-refractivity contribution in [2.75, 3.05) is 0 Å². The van der Waals surface area contributed by atoms with Crippen LogP contribution in [0.3, 0.4) is 0 Å². The molecule has 1 aliphatic carbocycles. The van der Waals surface area contributed by atoms with Crippen LogP contribution in [0.1, 0.15) is 17.9 Å². The van der Waals surface area contributed by atoms with Crippen molar-refractivity contribution in [2.24, 2.45) is 5.92 Å². The Labute approximate surface area is 75.6 Å².